The SMILES string of the molecule is CC(=O)c1ccc2c(c1)nc(-c1ccccc1)n2C. The third-order valence-corrected chi connectivity index (χ3v) is 3.32. The van der Waals surface area contributed by atoms with Crippen LogP contribution < -0.4 is 0 Å². The minimum atomic E-state index is 0.0637. The summed E-state index contributed by atoms with van der Waals surface area (Å²) in [6.45, 7) is 1.57. The van der Waals surface area contributed by atoms with E-state index in [9.17, 15) is 4.79 Å². The van der Waals surface area contributed by atoms with E-state index in [1.165, 1.54) is 0 Å². The molecular weight excluding hydrogens is 236 g/mol. The van der Waals surface area contributed by atoms with Crippen molar-refractivity contribution >= 4 is 16.8 Å². The van der Waals surface area contributed by atoms with Gasteiger partial charge in [-0.3, -0.25) is 4.79 Å². The number of aryl methyl sites for hydroxylation is 1. The molecule has 0 amide bonds. The number of rotatable bonds is 2. The minimum Gasteiger partial charge on any atom is -0.327 e. The zero-order chi connectivity index (χ0) is 13.4. The maximum absolute atomic E-state index is 11.4. The van der Waals surface area contributed by atoms with Crippen LogP contribution in [0.2, 0.25) is 0 Å². The van der Waals surface area contributed by atoms with Crippen LogP contribution in [-0.4, -0.2) is 15.3 Å². The van der Waals surface area contributed by atoms with E-state index in [0.29, 0.717) is 5.56 Å². The third-order valence-electron chi connectivity index (χ3n) is 3.32. The van der Waals surface area contributed by atoms with Crippen molar-refractivity contribution in [3.05, 3.63) is 54.1 Å². The Morgan fingerprint density at radius 1 is 1.11 bits per heavy atom. The fraction of sp³-hybridized carbons (Fsp3) is 0.125. The lowest BCUT2D eigenvalue weighted by atomic mass is 10.1. The van der Waals surface area contributed by atoms with Crippen molar-refractivity contribution in [3.63, 3.8) is 0 Å². The van der Waals surface area contributed by atoms with Gasteiger partial charge in [-0.05, 0) is 25.1 Å². The smallest absolute Gasteiger partial charge is 0.159 e. The fourth-order valence-electron chi connectivity index (χ4n) is 2.26. The van der Waals surface area contributed by atoms with Gasteiger partial charge in [-0.15, -0.1) is 0 Å². The van der Waals surface area contributed by atoms with Crippen LogP contribution in [-0.2, 0) is 7.05 Å². The van der Waals surface area contributed by atoms with E-state index in [-0.39, 0.29) is 5.78 Å². The molecule has 0 spiro atoms. The number of benzene rings is 2. The largest absolute Gasteiger partial charge is 0.327 e. The summed E-state index contributed by atoms with van der Waals surface area (Å²) in [6.07, 6.45) is 0. The average Bonchev–Trinajstić information content (AvgIpc) is 2.76. The molecule has 0 unspecified atom stereocenters. The van der Waals surface area contributed by atoms with E-state index in [1.54, 1.807) is 6.92 Å². The molecule has 0 aliphatic carbocycles. The number of nitrogens with zero attached hydrogens (tertiary/aromatic N) is 2. The number of hydrogen-bond acceptors (Lipinski definition) is 2. The molecule has 3 nitrogen and oxygen atoms in total. The van der Waals surface area contributed by atoms with E-state index in [1.807, 2.05) is 55.6 Å². The standard InChI is InChI=1S/C16H14N2O/c1-11(19)13-8-9-15-14(10-13)17-16(18(15)2)12-6-4-3-5-7-12/h3-10H,1-2H3. The summed E-state index contributed by atoms with van der Waals surface area (Å²) in [6, 6.07) is 15.7. The van der Waals surface area contributed by atoms with Gasteiger partial charge < -0.3 is 4.57 Å². The molecule has 0 fully saturated rings. The van der Waals surface area contributed by atoms with Crippen molar-refractivity contribution in [3.8, 4) is 11.4 Å². The highest BCUT2D eigenvalue weighted by molar-refractivity contribution is 5.97. The molecule has 94 valence electrons. The van der Waals surface area contributed by atoms with Gasteiger partial charge in [0.05, 0.1) is 11.0 Å². The maximum Gasteiger partial charge on any atom is 0.159 e. The summed E-state index contributed by atoms with van der Waals surface area (Å²) >= 11 is 0. The zero-order valence-electron chi connectivity index (χ0n) is 10.9. The Balaban J connectivity index is 2.23. The highest BCUT2D eigenvalue weighted by atomic mass is 16.1. The molecule has 0 bridgehead atoms. The zero-order valence-corrected chi connectivity index (χ0v) is 10.9. The number of imidazole rings is 1. The van der Waals surface area contributed by atoms with Crippen LogP contribution in [0.25, 0.3) is 22.4 Å². The molecule has 3 heteroatoms. The topological polar surface area (TPSA) is 34.9 Å². The first-order valence-corrected chi connectivity index (χ1v) is 6.19. The van der Waals surface area contributed by atoms with Crippen LogP contribution >= 0.6 is 0 Å². The highest BCUT2D eigenvalue weighted by Crippen LogP contribution is 2.24. The predicted molar refractivity (Wildman–Crippen MR) is 76.2 cm³/mol. The molecule has 0 aliphatic heterocycles. The van der Waals surface area contributed by atoms with Crippen LogP contribution in [0.5, 0.6) is 0 Å². The van der Waals surface area contributed by atoms with Crippen molar-refractivity contribution in [2.45, 2.75) is 6.92 Å². The van der Waals surface area contributed by atoms with Crippen LogP contribution in [0.4, 0.5) is 0 Å². The first-order valence-electron chi connectivity index (χ1n) is 6.19. The third kappa shape index (κ3) is 1.93. The summed E-state index contributed by atoms with van der Waals surface area (Å²) < 4.78 is 2.05. The monoisotopic (exact) mass is 250 g/mol. The Kier molecular flexibility index (Phi) is 2.67. The summed E-state index contributed by atoms with van der Waals surface area (Å²) in [7, 11) is 1.99. The van der Waals surface area contributed by atoms with E-state index in [0.717, 1.165) is 22.4 Å². The van der Waals surface area contributed by atoms with Gasteiger partial charge in [0.15, 0.2) is 5.78 Å². The van der Waals surface area contributed by atoms with E-state index in [4.69, 9.17) is 0 Å². The summed E-state index contributed by atoms with van der Waals surface area (Å²) in [5, 5.41) is 0. The quantitative estimate of drug-likeness (QED) is 0.653. The van der Waals surface area contributed by atoms with E-state index >= 15 is 0 Å². The summed E-state index contributed by atoms with van der Waals surface area (Å²) in [5.74, 6) is 0.977. The first kappa shape index (κ1) is 11.7. The second kappa shape index (κ2) is 4.35. The second-order valence-corrected chi connectivity index (χ2v) is 4.62. The molecule has 0 saturated heterocycles. The second-order valence-electron chi connectivity index (χ2n) is 4.62. The average molecular weight is 250 g/mol. The number of fused-ring (bicyclic) bond motifs is 1. The van der Waals surface area contributed by atoms with Crippen LogP contribution in [0.1, 0.15) is 17.3 Å². The Bertz CT molecular complexity index is 757. The number of ketones is 1. The van der Waals surface area contributed by atoms with Gasteiger partial charge in [-0.2, -0.15) is 0 Å². The first-order chi connectivity index (χ1) is 9.16. The molecule has 1 heterocycles. The van der Waals surface area contributed by atoms with Gasteiger partial charge in [-0.1, -0.05) is 30.3 Å². The molecule has 3 aromatic rings. The molecule has 3 rings (SSSR count). The number of Topliss-reactive ketones (excluding diaryl/α,β-unsaturated/α-hetero) is 1. The molecule has 0 radical (unpaired) electrons. The molecule has 19 heavy (non-hydrogen) atoms. The van der Waals surface area contributed by atoms with Crippen molar-refractivity contribution in [2.75, 3.05) is 0 Å². The molecule has 1 aromatic heterocycles. The molecule has 0 N–H and O–H groups in total. The van der Waals surface area contributed by atoms with Crippen molar-refractivity contribution in [1.82, 2.24) is 9.55 Å². The summed E-state index contributed by atoms with van der Waals surface area (Å²) in [4.78, 5) is 16.1. The van der Waals surface area contributed by atoms with Crippen molar-refractivity contribution in [1.29, 1.82) is 0 Å². The van der Waals surface area contributed by atoms with Gasteiger partial charge in [0.2, 0.25) is 0 Å². The number of aromatic nitrogens is 2. The Labute approximate surface area is 111 Å². The molecule has 0 aliphatic rings. The molecular formula is C16H14N2O. The minimum absolute atomic E-state index is 0.0637. The lowest BCUT2D eigenvalue weighted by molar-refractivity contribution is 0.101. The normalized spacial score (nSPS) is 10.8. The molecule has 0 saturated carbocycles. The number of hydrogen-bond donors (Lipinski definition) is 0. The van der Waals surface area contributed by atoms with Crippen LogP contribution in [0.3, 0.4) is 0 Å². The van der Waals surface area contributed by atoms with Crippen molar-refractivity contribution in [2.24, 2.45) is 7.05 Å². The number of carbonyl (C=O) groups is 1. The van der Waals surface area contributed by atoms with Crippen LogP contribution in [0, 0.1) is 0 Å². The molecule has 2 aromatic carbocycles. The lowest BCUT2D eigenvalue weighted by Gasteiger charge is -2.01. The maximum atomic E-state index is 11.4. The van der Waals surface area contributed by atoms with E-state index < -0.39 is 0 Å². The van der Waals surface area contributed by atoms with Crippen molar-refractivity contribution < 1.29 is 4.79 Å². The van der Waals surface area contributed by atoms with Gasteiger partial charge in [0.25, 0.3) is 0 Å². The number of carbonyl (C=O) groups excluding carboxylic acids is 1. The molecule has 0 atom stereocenters. The van der Waals surface area contributed by atoms with Gasteiger partial charge in [0, 0.05) is 18.2 Å². The summed E-state index contributed by atoms with van der Waals surface area (Å²) in [5.41, 5.74) is 3.66. The van der Waals surface area contributed by atoms with Gasteiger partial charge in [0.1, 0.15) is 5.82 Å². The Morgan fingerprint density at radius 2 is 1.84 bits per heavy atom. The van der Waals surface area contributed by atoms with Gasteiger partial charge >= 0.3 is 0 Å². The van der Waals surface area contributed by atoms with E-state index in [2.05, 4.69) is 9.55 Å². The predicted octanol–water partition coefficient (Wildman–Crippen LogP) is 3.44. The highest BCUT2D eigenvalue weighted by Gasteiger charge is 2.10. The van der Waals surface area contributed by atoms with Crippen LogP contribution in [0.15, 0.2) is 48.5 Å². The Morgan fingerprint density at radius 3 is 2.53 bits per heavy atom. The lowest BCUT2D eigenvalue weighted by Crippen LogP contribution is -1.93. The Hall–Kier alpha value is -2.42. The fourth-order valence-corrected chi connectivity index (χ4v) is 2.26. The van der Waals surface area contributed by atoms with Gasteiger partial charge in [-0.25, -0.2) is 4.98 Å².